The van der Waals surface area contributed by atoms with Crippen molar-refractivity contribution >= 4 is 34.5 Å². The van der Waals surface area contributed by atoms with Gasteiger partial charge in [0.05, 0.1) is 23.3 Å². The van der Waals surface area contributed by atoms with Gasteiger partial charge in [0.1, 0.15) is 5.82 Å². The van der Waals surface area contributed by atoms with E-state index in [1.54, 1.807) is 0 Å². The molecule has 0 amide bonds. The SMILES string of the molecule is O=C(O)/C=C/c1nn(Cc2ccc(F)cc2Cl)c2ccc(C(F)(F)F)cc12. The van der Waals surface area contributed by atoms with Gasteiger partial charge in [-0.2, -0.15) is 18.3 Å². The molecular weight excluding hydrogens is 388 g/mol. The largest absolute Gasteiger partial charge is 0.478 e. The first-order valence-corrected chi connectivity index (χ1v) is 7.95. The Labute approximate surface area is 155 Å². The van der Waals surface area contributed by atoms with E-state index in [9.17, 15) is 22.4 Å². The Bertz CT molecular complexity index is 1060. The van der Waals surface area contributed by atoms with Crippen LogP contribution in [0.4, 0.5) is 17.6 Å². The highest BCUT2D eigenvalue weighted by Crippen LogP contribution is 2.33. The number of carbonyl (C=O) groups is 1. The van der Waals surface area contributed by atoms with Gasteiger partial charge in [-0.05, 0) is 42.0 Å². The minimum Gasteiger partial charge on any atom is -0.478 e. The lowest BCUT2D eigenvalue weighted by molar-refractivity contribution is -0.137. The van der Waals surface area contributed by atoms with Crippen LogP contribution >= 0.6 is 11.6 Å². The number of carboxylic acid groups (broad SMARTS) is 1. The first-order valence-electron chi connectivity index (χ1n) is 7.58. The molecule has 0 saturated carbocycles. The molecule has 9 heteroatoms. The molecule has 3 rings (SSSR count). The Kier molecular flexibility index (Phi) is 4.93. The maximum Gasteiger partial charge on any atom is 0.416 e. The number of hydrogen-bond donors (Lipinski definition) is 1. The molecule has 0 radical (unpaired) electrons. The van der Waals surface area contributed by atoms with Gasteiger partial charge in [-0.25, -0.2) is 9.18 Å². The summed E-state index contributed by atoms with van der Waals surface area (Å²) in [7, 11) is 0. The molecule has 4 nitrogen and oxygen atoms in total. The van der Waals surface area contributed by atoms with Crippen molar-refractivity contribution < 1.29 is 27.5 Å². The van der Waals surface area contributed by atoms with Crippen molar-refractivity contribution in [3.05, 3.63) is 70.1 Å². The summed E-state index contributed by atoms with van der Waals surface area (Å²) in [5.74, 6) is -1.78. The van der Waals surface area contributed by atoms with Crippen LogP contribution in [0.5, 0.6) is 0 Å². The number of alkyl halides is 3. The molecule has 1 aromatic heterocycles. The normalized spacial score (nSPS) is 12.2. The highest BCUT2D eigenvalue weighted by molar-refractivity contribution is 6.31. The van der Waals surface area contributed by atoms with Gasteiger partial charge in [-0.1, -0.05) is 17.7 Å². The van der Waals surface area contributed by atoms with Gasteiger partial charge >= 0.3 is 12.1 Å². The second kappa shape index (κ2) is 7.03. The molecule has 0 aliphatic carbocycles. The van der Waals surface area contributed by atoms with Crippen LogP contribution in [0.25, 0.3) is 17.0 Å². The molecule has 0 unspecified atom stereocenters. The molecule has 3 aromatic rings. The molecular formula is C18H11ClF4N2O2. The van der Waals surface area contributed by atoms with Crippen molar-refractivity contribution in [2.24, 2.45) is 0 Å². The van der Waals surface area contributed by atoms with Crippen LogP contribution in [0.3, 0.4) is 0 Å². The molecule has 0 saturated heterocycles. The minimum absolute atomic E-state index is 0.0664. The number of rotatable bonds is 4. The molecule has 1 N–H and O–H groups in total. The maximum absolute atomic E-state index is 13.2. The van der Waals surface area contributed by atoms with Crippen molar-refractivity contribution in [3.63, 3.8) is 0 Å². The third-order valence-electron chi connectivity index (χ3n) is 3.83. The molecule has 27 heavy (non-hydrogen) atoms. The fourth-order valence-electron chi connectivity index (χ4n) is 2.59. The van der Waals surface area contributed by atoms with Crippen molar-refractivity contribution in [2.45, 2.75) is 12.7 Å². The average molecular weight is 399 g/mol. The predicted molar refractivity (Wildman–Crippen MR) is 91.9 cm³/mol. The zero-order valence-electron chi connectivity index (χ0n) is 13.5. The standard InChI is InChI=1S/C18H11ClF4N2O2/c19-14-8-12(20)3-1-10(14)9-25-16-5-2-11(18(21,22)23)7-13(16)15(24-25)4-6-17(26)27/h1-8H,9H2,(H,26,27)/b6-4+. The lowest BCUT2D eigenvalue weighted by Crippen LogP contribution is -2.05. The Morgan fingerprint density at radius 2 is 1.96 bits per heavy atom. The fourth-order valence-corrected chi connectivity index (χ4v) is 2.81. The molecule has 0 spiro atoms. The van der Waals surface area contributed by atoms with Crippen molar-refractivity contribution in [2.75, 3.05) is 0 Å². The third-order valence-corrected chi connectivity index (χ3v) is 4.18. The van der Waals surface area contributed by atoms with E-state index < -0.39 is 23.5 Å². The van der Waals surface area contributed by atoms with E-state index in [4.69, 9.17) is 16.7 Å². The summed E-state index contributed by atoms with van der Waals surface area (Å²) in [5, 5.41) is 13.3. The molecule has 2 aromatic carbocycles. The number of benzene rings is 2. The van der Waals surface area contributed by atoms with Crippen LogP contribution < -0.4 is 0 Å². The number of hydrogen-bond acceptors (Lipinski definition) is 2. The van der Waals surface area contributed by atoms with E-state index >= 15 is 0 Å². The zero-order chi connectivity index (χ0) is 19.8. The molecule has 0 aliphatic rings. The van der Waals surface area contributed by atoms with E-state index in [0.717, 1.165) is 30.4 Å². The van der Waals surface area contributed by atoms with Gasteiger partial charge in [0.15, 0.2) is 0 Å². The monoisotopic (exact) mass is 398 g/mol. The highest BCUT2D eigenvalue weighted by atomic mass is 35.5. The first kappa shape index (κ1) is 18.9. The third kappa shape index (κ3) is 4.11. The number of fused-ring (bicyclic) bond motifs is 1. The lowest BCUT2D eigenvalue weighted by atomic mass is 10.1. The summed E-state index contributed by atoms with van der Waals surface area (Å²) >= 11 is 6.00. The van der Waals surface area contributed by atoms with Crippen LogP contribution in [-0.4, -0.2) is 20.9 Å². The van der Waals surface area contributed by atoms with Crippen LogP contribution in [0.1, 0.15) is 16.8 Å². The molecule has 140 valence electrons. The van der Waals surface area contributed by atoms with Gasteiger partial charge in [0.2, 0.25) is 0 Å². The Morgan fingerprint density at radius 3 is 2.59 bits per heavy atom. The fraction of sp³-hybridized carbons (Fsp3) is 0.111. The molecule has 0 atom stereocenters. The van der Waals surface area contributed by atoms with E-state index in [1.807, 2.05) is 0 Å². The van der Waals surface area contributed by atoms with Gasteiger partial charge in [0.25, 0.3) is 0 Å². The lowest BCUT2D eigenvalue weighted by Gasteiger charge is -2.08. The van der Waals surface area contributed by atoms with Gasteiger partial charge < -0.3 is 5.11 Å². The van der Waals surface area contributed by atoms with Gasteiger partial charge in [-0.15, -0.1) is 0 Å². The van der Waals surface area contributed by atoms with Crippen molar-refractivity contribution in [1.82, 2.24) is 9.78 Å². The number of nitrogens with zero attached hydrogens (tertiary/aromatic N) is 2. The summed E-state index contributed by atoms with van der Waals surface area (Å²) in [5.41, 5.74) is 0.0561. The van der Waals surface area contributed by atoms with E-state index in [1.165, 1.54) is 22.9 Å². The zero-order valence-corrected chi connectivity index (χ0v) is 14.2. The molecule has 0 aliphatic heterocycles. The second-order valence-electron chi connectivity index (χ2n) is 5.68. The molecule has 1 heterocycles. The number of aromatic nitrogens is 2. The average Bonchev–Trinajstić information content (AvgIpc) is 2.92. The Morgan fingerprint density at radius 1 is 1.22 bits per heavy atom. The summed E-state index contributed by atoms with van der Waals surface area (Å²) < 4.78 is 53.6. The number of halogens is 5. The van der Waals surface area contributed by atoms with Gasteiger partial charge in [-0.3, -0.25) is 4.68 Å². The highest BCUT2D eigenvalue weighted by Gasteiger charge is 2.31. The van der Waals surface area contributed by atoms with Crippen LogP contribution in [0.15, 0.2) is 42.5 Å². The number of aliphatic carboxylic acids is 1. The van der Waals surface area contributed by atoms with Crippen LogP contribution in [0.2, 0.25) is 5.02 Å². The first-order chi connectivity index (χ1) is 12.6. The Balaban J connectivity index is 2.13. The topological polar surface area (TPSA) is 55.1 Å². The quantitative estimate of drug-likeness (QED) is 0.497. The smallest absolute Gasteiger partial charge is 0.416 e. The van der Waals surface area contributed by atoms with E-state index in [0.29, 0.717) is 11.1 Å². The molecule has 0 bridgehead atoms. The summed E-state index contributed by atoms with van der Waals surface area (Å²) in [6, 6.07) is 6.85. The van der Waals surface area contributed by atoms with Crippen LogP contribution in [-0.2, 0) is 17.5 Å². The summed E-state index contributed by atoms with van der Waals surface area (Å²) in [6.45, 7) is 0.0713. The minimum atomic E-state index is -4.55. The predicted octanol–water partition coefficient (Wildman–Crippen LogP) is 4.99. The molecule has 0 fully saturated rings. The van der Waals surface area contributed by atoms with E-state index in [2.05, 4.69) is 5.10 Å². The Hall–Kier alpha value is -2.87. The van der Waals surface area contributed by atoms with Gasteiger partial charge in [0, 0.05) is 16.5 Å². The van der Waals surface area contributed by atoms with Crippen molar-refractivity contribution in [1.29, 1.82) is 0 Å². The maximum atomic E-state index is 13.2. The second-order valence-corrected chi connectivity index (χ2v) is 6.09. The summed E-state index contributed by atoms with van der Waals surface area (Å²) in [6.07, 6.45) is -2.64. The summed E-state index contributed by atoms with van der Waals surface area (Å²) in [4.78, 5) is 10.8. The van der Waals surface area contributed by atoms with Crippen LogP contribution in [0, 0.1) is 5.82 Å². The van der Waals surface area contributed by atoms with E-state index in [-0.39, 0.29) is 22.6 Å². The number of carboxylic acids is 1. The van der Waals surface area contributed by atoms with Crippen molar-refractivity contribution in [3.8, 4) is 0 Å².